The molecule has 2 N–H and O–H groups in total. The molecule has 0 bridgehead atoms. The molecule has 1 rings (SSSR count). The summed E-state index contributed by atoms with van der Waals surface area (Å²) in [5.74, 6) is -5.30. The fraction of sp³-hybridized carbons (Fsp3) is 0.833. The first-order valence-electron chi connectivity index (χ1n) is 6.49. The molecular weight excluding hydrogens is 277 g/mol. The van der Waals surface area contributed by atoms with E-state index < -0.39 is 36.6 Å². The van der Waals surface area contributed by atoms with Crippen LogP contribution < -0.4 is 5.32 Å². The van der Waals surface area contributed by atoms with Gasteiger partial charge in [-0.05, 0) is 13.3 Å². The Bertz CT molecular complexity index is 373. The molecule has 0 aromatic heterocycles. The van der Waals surface area contributed by atoms with Crippen LogP contribution in [0.1, 0.15) is 20.3 Å². The zero-order valence-corrected chi connectivity index (χ0v) is 11.4. The highest BCUT2D eigenvalue weighted by Crippen LogP contribution is 2.38. The summed E-state index contributed by atoms with van der Waals surface area (Å²) in [7, 11) is 0. The van der Waals surface area contributed by atoms with Gasteiger partial charge in [0.25, 0.3) is 0 Å². The number of carboxylic acid groups (broad SMARTS) is 1. The number of rotatable bonds is 5. The Labute approximate surface area is 115 Å². The number of carboxylic acids is 1. The van der Waals surface area contributed by atoms with Crippen LogP contribution in [-0.2, 0) is 9.59 Å². The van der Waals surface area contributed by atoms with Crippen molar-refractivity contribution in [2.45, 2.75) is 32.5 Å². The van der Waals surface area contributed by atoms with Gasteiger partial charge in [0.1, 0.15) is 0 Å². The van der Waals surface area contributed by atoms with Crippen molar-refractivity contribution in [1.29, 1.82) is 0 Å². The van der Waals surface area contributed by atoms with Crippen LogP contribution in [0, 0.1) is 11.8 Å². The van der Waals surface area contributed by atoms with Gasteiger partial charge in [0.2, 0.25) is 5.91 Å². The van der Waals surface area contributed by atoms with Gasteiger partial charge < -0.3 is 10.4 Å². The number of nitrogens with one attached hydrogen (secondary N) is 1. The third-order valence-electron chi connectivity index (χ3n) is 3.56. The van der Waals surface area contributed by atoms with E-state index in [1.165, 1.54) is 11.8 Å². The molecule has 1 amide bonds. The molecule has 1 unspecified atom stereocenters. The summed E-state index contributed by atoms with van der Waals surface area (Å²) in [5.41, 5.74) is 0. The minimum Gasteiger partial charge on any atom is -0.481 e. The summed E-state index contributed by atoms with van der Waals surface area (Å²) >= 11 is 0. The number of amides is 1. The molecule has 20 heavy (non-hydrogen) atoms. The first kappa shape index (κ1) is 16.7. The van der Waals surface area contributed by atoms with E-state index in [1.54, 1.807) is 0 Å². The Morgan fingerprint density at radius 3 is 2.40 bits per heavy atom. The lowest BCUT2D eigenvalue weighted by Crippen LogP contribution is -2.45. The second kappa shape index (κ2) is 6.43. The van der Waals surface area contributed by atoms with Crippen molar-refractivity contribution < 1.29 is 27.9 Å². The SMILES string of the molecule is CCCNC(=O)C(C)N1C[C@@H](C(F)(F)F)[C@H](C(=O)O)C1. The van der Waals surface area contributed by atoms with Gasteiger partial charge in [0.05, 0.1) is 17.9 Å². The fourth-order valence-corrected chi connectivity index (χ4v) is 2.29. The highest BCUT2D eigenvalue weighted by atomic mass is 19.4. The summed E-state index contributed by atoms with van der Waals surface area (Å²) in [6, 6.07) is -0.768. The zero-order chi connectivity index (χ0) is 15.5. The van der Waals surface area contributed by atoms with E-state index in [0.29, 0.717) is 6.54 Å². The largest absolute Gasteiger partial charge is 0.481 e. The van der Waals surface area contributed by atoms with Crippen LogP contribution in [0.25, 0.3) is 0 Å². The molecule has 1 aliphatic heterocycles. The van der Waals surface area contributed by atoms with Gasteiger partial charge in [0.15, 0.2) is 0 Å². The molecule has 5 nitrogen and oxygen atoms in total. The van der Waals surface area contributed by atoms with Crippen LogP contribution in [0.5, 0.6) is 0 Å². The lowest BCUT2D eigenvalue weighted by Gasteiger charge is -2.23. The van der Waals surface area contributed by atoms with Crippen molar-refractivity contribution in [2.75, 3.05) is 19.6 Å². The zero-order valence-electron chi connectivity index (χ0n) is 11.4. The number of nitrogens with zero attached hydrogens (tertiary/aromatic N) is 1. The van der Waals surface area contributed by atoms with Gasteiger partial charge >= 0.3 is 12.1 Å². The van der Waals surface area contributed by atoms with Crippen LogP contribution in [0.15, 0.2) is 0 Å². The van der Waals surface area contributed by atoms with E-state index in [2.05, 4.69) is 5.32 Å². The lowest BCUT2D eigenvalue weighted by atomic mass is 9.96. The van der Waals surface area contributed by atoms with Crippen LogP contribution in [0.4, 0.5) is 13.2 Å². The Kier molecular flexibility index (Phi) is 5.38. The van der Waals surface area contributed by atoms with E-state index >= 15 is 0 Å². The highest BCUT2D eigenvalue weighted by Gasteiger charge is 2.53. The Hall–Kier alpha value is -1.31. The third kappa shape index (κ3) is 3.84. The molecule has 0 aliphatic carbocycles. The molecule has 0 aromatic rings. The van der Waals surface area contributed by atoms with E-state index in [0.717, 1.165) is 6.42 Å². The smallest absolute Gasteiger partial charge is 0.393 e. The third-order valence-corrected chi connectivity index (χ3v) is 3.56. The average molecular weight is 296 g/mol. The second-order valence-electron chi connectivity index (χ2n) is 5.01. The molecule has 1 heterocycles. The number of alkyl halides is 3. The Morgan fingerprint density at radius 2 is 2.00 bits per heavy atom. The van der Waals surface area contributed by atoms with Crippen molar-refractivity contribution in [3.05, 3.63) is 0 Å². The molecular formula is C12H19F3N2O3. The summed E-state index contributed by atoms with van der Waals surface area (Å²) in [5, 5.41) is 11.5. The molecule has 3 atom stereocenters. The molecule has 116 valence electrons. The van der Waals surface area contributed by atoms with Crippen LogP contribution >= 0.6 is 0 Å². The molecule has 1 aliphatic rings. The van der Waals surface area contributed by atoms with Crippen LogP contribution in [-0.4, -0.2) is 53.7 Å². The fourth-order valence-electron chi connectivity index (χ4n) is 2.29. The maximum atomic E-state index is 12.8. The minimum atomic E-state index is -4.57. The number of carbonyl (C=O) groups is 2. The summed E-state index contributed by atoms with van der Waals surface area (Å²) in [6.45, 7) is 3.08. The number of carbonyl (C=O) groups excluding carboxylic acids is 1. The molecule has 1 saturated heterocycles. The van der Waals surface area contributed by atoms with Gasteiger partial charge in [-0.15, -0.1) is 0 Å². The van der Waals surface area contributed by atoms with Crippen LogP contribution in [0.3, 0.4) is 0 Å². The van der Waals surface area contributed by atoms with Gasteiger partial charge in [-0.3, -0.25) is 14.5 Å². The quantitative estimate of drug-likeness (QED) is 0.797. The predicted octanol–water partition coefficient (Wildman–Crippen LogP) is 1.10. The first-order valence-corrected chi connectivity index (χ1v) is 6.49. The van der Waals surface area contributed by atoms with Crippen LogP contribution in [0.2, 0.25) is 0 Å². The molecule has 0 aromatic carbocycles. The maximum absolute atomic E-state index is 12.8. The predicted molar refractivity (Wildman–Crippen MR) is 65.0 cm³/mol. The molecule has 0 radical (unpaired) electrons. The van der Waals surface area contributed by atoms with Gasteiger partial charge in [0, 0.05) is 19.6 Å². The standard InChI is InChI=1S/C12H19F3N2O3/c1-3-4-16-10(18)7(2)17-5-8(11(19)20)9(6-17)12(13,14)15/h7-9H,3-6H2,1-2H3,(H,16,18)(H,19,20)/t7?,8-,9-/m1/s1. The highest BCUT2D eigenvalue weighted by molar-refractivity contribution is 5.81. The number of halogens is 3. The van der Waals surface area contributed by atoms with Crippen molar-refractivity contribution in [1.82, 2.24) is 10.2 Å². The number of aliphatic carboxylic acids is 1. The molecule has 0 saturated carbocycles. The summed E-state index contributed by atoms with van der Waals surface area (Å²) in [4.78, 5) is 24.0. The minimum absolute atomic E-state index is 0.264. The number of hydrogen-bond acceptors (Lipinski definition) is 3. The van der Waals surface area contributed by atoms with E-state index in [-0.39, 0.29) is 12.5 Å². The van der Waals surface area contributed by atoms with E-state index in [1.807, 2.05) is 6.92 Å². The second-order valence-corrected chi connectivity index (χ2v) is 5.01. The Morgan fingerprint density at radius 1 is 1.40 bits per heavy atom. The normalized spacial score (nSPS) is 25.4. The monoisotopic (exact) mass is 296 g/mol. The van der Waals surface area contributed by atoms with E-state index in [4.69, 9.17) is 5.11 Å². The van der Waals surface area contributed by atoms with Gasteiger partial charge in [-0.1, -0.05) is 6.92 Å². The lowest BCUT2D eigenvalue weighted by molar-refractivity contribution is -0.188. The first-order chi connectivity index (χ1) is 9.18. The molecule has 0 spiro atoms. The summed E-state index contributed by atoms with van der Waals surface area (Å²) < 4.78 is 38.5. The van der Waals surface area contributed by atoms with Crippen molar-refractivity contribution >= 4 is 11.9 Å². The molecule has 8 heteroatoms. The van der Waals surface area contributed by atoms with Crippen molar-refractivity contribution in [3.8, 4) is 0 Å². The maximum Gasteiger partial charge on any atom is 0.393 e. The van der Waals surface area contributed by atoms with Gasteiger partial charge in [-0.2, -0.15) is 13.2 Å². The number of likely N-dealkylation sites (tertiary alicyclic amines) is 1. The topological polar surface area (TPSA) is 69.6 Å². The van der Waals surface area contributed by atoms with Crippen molar-refractivity contribution in [2.24, 2.45) is 11.8 Å². The van der Waals surface area contributed by atoms with E-state index in [9.17, 15) is 22.8 Å². The average Bonchev–Trinajstić information content (AvgIpc) is 2.79. The Balaban J connectivity index is 2.75. The summed E-state index contributed by atoms with van der Waals surface area (Å²) in [6.07, 6.45) is -3.85. The van der Waals surface area contributed by atoms with Gasteiger partial charge in [-0.25, -0.2) is 0 Å². The molecule has 1 fully saturated rings. The number of hydrogen-bond donors (Lipinski definition) is 2. The van der Waals surface area contributed by atoms with Crippen molar-refractivity contribution in [3.63, 3.8) is 0 Å².